The quantitative estimate of drug-likeness (QED) is 0.288. The van der Waals surface area contributed by atoms with Gasteiger partial charge in [0.25, 0.3) is 0 Å². The maximum Gasteiger partial charge on any atom is 0.356 e. The Morgan fingerprint density at radius 2 is 2.04 bits per heavy atom. The topological polar surface area (TPSA) is 174 Å². The number of carbonyl (C=O) groups is 3. The van der Waals surface area contributed by atoms with Gasteiger partial charge in [0.05, 0.1) is 4.92 Å². The van der Waals surface area contributed by atoms with Gasteiger partial charge in [-0.1, -0.05) is 0 Å². The molecule has 27 heavy (non-hydrogen) atoms. The van der Waals surface area contributed by atoms with Crippen LogP contribution in [-0.2, 0) is 16.1 Å². The molecular weight excluding hydrogens is 362 g/mol. The minimum Gasteiger partial charge on any atom is -0.476 e. The Hall–Kier alpha value is -3.77. The van der Waals surface area contributed by atoms with Crippen LogP contribution < -0.4 is 10.6 Å². The van der Waals surface area contributed by atoms with Crippen LogP contribution in [0.25, 0.3) is 0 Å². The van der Waals surface area contributed by atoms with E-state index in [1.165, 1.54) is 16.9 Å². The summed E-state index contributed by atoms with van der Waals surface area (Å²) in [6.45, 7) is 1.64. The lowest BCUT2D eigenvalue weighted by Gasteiger charge is -2.13. The number of carboxylic acids is 1. The molecule has 13 heteroatoms. The maximum absolute atomic E-state index is 12.0. The van der Waals surface area contributed by atoms with Crippen LogP contribution in [0.15, 0.2) is 24.7 Å². The molecule has 2 aromatic heterocycles. The smallest absolute Gasteiger partial charge is 0.356 e. The minimum atomic E-state index is -1.19. The lowest BCUT2D eigenvalue weighted by Crippen LogP contribution is -2.38. The van der Waals surface area contributed by atoms with Crippen molar-refractivity contribution in [2.24, 2.45) is 0 Å². The average molecular weight is 379 g/mol. The summed E-state index contributed by atoms with van der Waals surface area (Å²) in [5.74, 6) is -2.01. The number of hydrogen-bond acceptors (Lipinski definition) is 7. The summed E-state index contributed by atoms with van der Waals surface area (Å²) < 4.78 is 2.36. The molecule has 0 aromatic carbocycles. The first-order valence-electron chi connectivity index (χ1n) is 7.77. The van der Waals surface area contributed by atoms with Gasteiger partial charge < -0.3 is 15.7 Å². The zero-order valence-electron chi connectivity index (χ0n) is 14.2. The van der Waals surface area contributed by atoms with Crippen LogP contribution in [0, 0.1) is 10.1 Å². The second kappa shape index (κ2) is 8.55. The Bertz CT molecular complexity index is 858. The SMILES string of the molecule is CC(C(=O)NCCNC(=O)Cn1cc([N+](=O)[O-])cn1)n1ccc(C(=O)O)n1. The largest absolute Gasteiger partial charge is 0.476 e. The fourth-order valence-corrected chi connectivity index (χ4v) is 2.06. The zero-order valence-corrected chi connectivity index (χ0v) is 14.2. The Morgan fingerprint density at radius 1 is 1.33 bits per heavy atom. The van der Waals surface area contributed by atoms with E-state index in [0.717, 1.165) is 17.1 Å². The Morgan fingerprint density at radius 3 is 2.63 bits per heavy atom. The Balaban J connectivity index is 1.71. The van der Waals surface area contributed by atoms with Gasteiger partial charge in [-0.25, -0.2) is 4.79 Å². The van der Waals surface area contributed by atoms with Gasteiger partial charge in [0, 0.05) is 19.3 Å². The molecule has 0 aliphatic carbocycles. The number of nitrogens with one attached hydrogen (secondary N) is 2. The number of nitrogens with zero attached hydrogens (tertiary/aromatic N) is 5. The molecule has 0 saturated carbocycles. The van der Waals surface area contributed by atoms with E-state index in [4.69, 9.17) is 5.11 Å². The highest BCUT2D eigenvalue weighted by Gasteiger charge is 2.17. The van der Waals surface area contributed by atoms with Crippen molar-refractivity contribution in [3.8, 4) is 0 Å². The van der Waals surface area contributed by atoms with E-state index in [9.17, 15) is 24.5 Å². The molecule has 144 valence electrons. The zero-order chi connectivity index (χ0) is 20.0. The first kappa shape index (κ1) is 19.6. The van der Waals surface area contributed by atoms with Crippen LogP contribution in [0.4, 0.5) is 5.69 Å². The number of carboxylic acid groups (broad SMARTS) is 1. The van der Waals surface area contributed by atoms with Crippen LogP contribution >= 0.6 is 0 Å². The molecule has 1 unspecified atom stereocenters. The molecule has 2 aromatic rings. The first-order chi connectivity index (χ1) is 12.8. The van der Waals surface area contributed by atoms with Crippen molar-refractivity contribution in [1.29, 1.82) is 0 Å². The Kier molecular flexibility index (Phi) is 6.19. The highest BCUT2D eigenvalue weighted by molar-refractivity contribution is 5.85. The van der Waals surface area contributed by atoms with Crippen molar-refractivity contribution < 1.29 is 24.4 Å². The van der Waals surface area contributed by atoms with Crippen molar-refractivity contribution in [2.45, 2.75) is 19.5 Å². The molecule has 0 spiro atoms. The van der Waals surface area contributed by atoms with Crippen molar-refractivity contribution in [3.63, 3.8) is 0 Å². The summed E-state index contributed by atoms with van der Waals surface area (Å²) in [5, 5.41) is 32.0. The molecule has 1 atom stereocenters. The summed E-state index contributed by atoms with van der Waals surface area (Å²) in [5.41, 5.74) is -0.380. The maximum atomic E-state index is 12.0. The van der Waals surface area contributed by atoms with E-state index >= 15 is 0 Å². The lowest BCUT2D eigenvalue weighted by atomic mass is 10.3. The van der Waals surface area contributed by atoms with E-state index in [1.54, 1.807) is 6.92 Å². The van der Waals surface area contributed by atoms with Gasteiger partial charge in [-0.3, -0.25) is 29.1 Å². The number of hydrogen-bond donors (Lipinski definition) is 3. The molecule has 0 bridgehead atoms. The molecule has 0 saturated heterocycles. The molecule has 2 rings (SSSR count). The molecule has 0 aliphatic heterocycles. The van der Waals surface area contributed by atoms with Crippen LogP contribution in [0.2, 0.25) is 0 Å². The van der Waals surface area contributed by atoms with Crippen molar-refractivity contribution in [1.82, 2.24) is 30.2 Å². The van der Waals surface area contributed by atoms with Crippen molar-refractivity contribution in [2.75, 3.05) is 13.1 Å². The van der Waals surface area contributed by atoms with Gasteiger partial charge in [-0.05, 0) is 13.0 Å². The highest BCUT2D eigenvalue weighted by Crippen LogP contribution is 2.07. The number of carbonyl (C=O) groups excluding carboxylic acids is 2. The predicted molar refractivity (Wildman–Crippen MR) is 88.8 cm³/mol. The minimum absolute atomic E-state index is 0.139. The molecular formula is C14H17N7O6. The monoisotopic (exact) mass is 379 g/mol. The molecule has 13 nitrogen and oxygen atoms in total. The average Bonchev–Trinajstić information content (AvgIpc) is 3.27. The van der Waals surface area contributed by atoms with E-state index in [-0.39, 0.29) is 31.0 Å². The molecule has 0 fully saturated rings. The van der Waals surface area contributed by atoms with Gasteiger partial charge in [-0.15, -0.1) is 0 Å². The van der Waals surface area contributed by atoms with Crippen molar-refractivity contribution >= 4 is 23.5 Å². The number of aromatic nitrogens is 4. The summed E-state index contributed by atoms with van der Waals surface area (Å²) >= 11 is 0. The third kappa shape index (κ3) is 5.35. The summed E-state index contributed by atoms with van der Waals surface area (Å²) in [4.78, 5) is 44.5. The molecule has 2 heterocycles. The van der Waals surface area contributed by atoms with Crippen LogP contribution in [0.5, 0.6) is 0 Å². The van der Waals surface area contributed by atoms with E-state index in [2.05, 4.69) is 20.8 Å². The van der Waals surface area contributed by atoms with Crippen molar-refractivity contribution in [3.05, 3.63) is 40.5 Å². The van der Waals surface area contributed by atoms with Gasteiger partial charge in [0.2, 0.25) is 11.8 Å². The fourth-order valence-electron chi connectivity index (χ4n) is 2.06. The molecule has 3 N–H and O–H groups in total. The lowest BCUT2D eigenvalue weighted by molar-refractivity contribution is -0.385. The molecule has 0 radical (unpaired) electrons. The third-order valence-electron chi connectivity index (χ3n) is 3.49. The van der Waals surface area contributed by atoms with Gasteiger partial charge >= 0.3 is 11.7 Å². The van der Waals surface area contributed by atoms with Crippen LogP contribution in [0.1, 0.15) is 23.5 Å². The van der Waals surface area contributed by atoms with E-state index in [1.807, 2.05) is 0 Å². The fraction of sp³-hybridized carbons (Fsp3) is 0.357. The standard InChI is InChI=1S/C14H17N7O6/c1-9(20-5-2-11(18-20)14(24)25)13(23)16-4-3-15-12(22)8-19-7-10(6-17-19)21(26)27/h2,5-7,9H,3-4,8H2,1H3,(H,15,22)(H,16,23)(H,24,25). The van der Waals surface area contributed by atoms with E-state index < -0.39 is 28.7 Å². The normalized spacial score (nSPS) is 11.6. The second-order valence-electron chi connectivity index (χ2n) is 5.46. The van der Waals surface area contributed by atoms with Gasteiger partial charge in [0.1, 0.15) is 25.0 Å². The molecule has 0 aliphatic rings. The van der Waals surface area contributed by atoms with Crippen LogP contribution in [0.3, 0.4) is 0 Å². The number of amides is 2. The third-order valence-corrected chi connectivity index (χ3v) is 3.49. The first-order valence-corrected chi connectivity index (χ1v) is 7.77. The predicted octanol–water partition coefficient (Wildman–Crippen LogP) is -0.820. The summed E-state index contributed by atoms with van der Waals surface area (Å²) in [6, 6.07) is 0.560. The summed E-state index contributed by atoms with van der Waals surface area (Å²) in [6.07, 6.45) is 3.57. The van der Waals surface area contributed by atoms with Crippen LogP contribution in [-0.4, -0.2) is 60.5 Å². The number of nitro groups is 1. The van der Waals surface area contributed by atoms with Gasteiger partial charge in [-0.2, -0.15) is 10.2 Å². The Labute approximate surface area is 152 Å². The molecule has 2 amide bonds. The highest BCUT2D eigenvalue weighted by atomic mass is 16.6. The van der Waals surface area contributed by atoms with Gasteiger partial charge in [0.15, 0.2) is 5.69 Å². The second-order valence-corrected chi connectivity index (χ2v) is 5.46. The number of rotatable bonds is 9. The van der Waals surface area contributed by atoms with E-state index in [0.29, 0.717) is 0 Å². The summed E-state index contributed by atoms with van der Waals surface area (Å²) in [7, 11) is 0. The number of aromatic carboxylic acids is 1.